The maximum atomic E-state index is 16.7. The van der Waals surface area contributed by atoms with E-state index in [1.165, 1.54) is 18.2 Å². The summed E-state index contributed by atoms with van der Waals surface area (Å²) in [6.45, 7) is 1.60. The highest BCUT2D eigenvalue weighted by molar-refractivity contribution is 7.23. The highest BCUT2D eigenvalue weighted by Crippen LogP contribution is 2.46. The summed E-state index contributed by atoms with van der Waals surface area (Å²) in [5.74, 6) is -1.39. The Labute approximate surface area is 259 Å². The van der Waals surface area contributed by atoms with E-state index in [9.17, 15) is 19.1 Å². The molecular formula is C30H28ClF3N6O3S. The van der Waals surface area contributed by atoms with Gasteiger partial charge in [-0.25, -0.2) is 13.2 Å². The van der Waals surface area contributed by atoms with E-state index >= 15 is 4.39 Å². The molecule has 5 heterocycles. The molecule has 0 aliphatic carbocycles. The Kier molecular flexibility index (Phi) is 7.45. The third kappa shape index (κ3) is 4.80. The van der Waals surface area contributed by atoms with Crippen molar-refractivity contribution in [3.8, 4) is 29.1 Å². The number of aromatic nitrogens is 2. The van der Waals surface area contributed by atoms with Crippen molar-refractivity contribution in [1.29, 1.82) is 5.26 Å². The number of nitriles is 1. The van der Waals surface area contributed by atoms with Gasteiger partial charge in [0, 0.05) is 42.9 Å². The quantitative estimate of drug-likeness (QED) is 0.256. The van der Waals surface area contributed by atoms with Gasteiger partial charge in [-0.1, -0.05) is 17.7 Å². The summed E-state index contributed by atoms with van der Waals surface area (Å²) >= 11 is 7.61. The van der Waals surface area contributed by atoms with Gasteiger partial charge in [0.05, 0.1) is 32.8 Å². The van der Waals surface area contributed by atoms with Crippen LogP contribution in [0.5, 0.6) is 11.9 Å². The van der Waals surface area contributed by atoms with Crippen molar-refractivity contribution in [3.63, 3.8) is 0 Å². The maximum Gasteiger partial charge on any atom is 0.320 e. The average Bonchev–Trinajstić information content (AvgIpc) is 3.76. The number of nitrogens with zero attached hydrogens (tertiary/aromatic N) is 4. The van der Waals surface area contributed by atoms with Crippen LogP contribution in [0.25, 0.3) is 32.1 Å². The van der Waals surface area contributed by atoms with Crippen molar-refractivity contribution in [2.45, 2.75) is 49.5 Å². The molecule has 9 nitrogen and oxygen atoms in total. The minimum Gasteiger partial charge on any atom is -0.472 e. The van der Waals surface area contributed by atoms with Crippen LogP contribution in [0.15, 0.2) is 18.2 Å². The molecule has 44 heavy (non-hydrogen) atoms. The van der Waals surface area contributed by atoms with Gasteiger partial charge in [0.25, 0.3) is 0 Å². The topological polar surface area (TPSA) is 130 Å². The van der Waals surface area contributed by atoms with Gasteiger partial charge in [0.2, 0.25) is 5.88 Å². The van der Waals surface area contributed by atoms with Crippen LogP contribution < -0.4 is 20.5 Å². The molecule has 14 heteroatoms. The minimum absolute atomic E-state index is 0.0288. The zero-order valence-electron chi connectivity index (χ0n) is 23.4. The molecule has 0 amide bonds. The number of benzene rings is 2. The number of nitrogens with one attached hydrogen (secondary N) is 1. The number of aliphatic hydroxyl groups is 1. The Morgan fingerprint density at radius 3 is 2.93 bits per heavy atom. The second-order valence-corrected chi connectivity index (χ2v) is 13.1. The van der Waals surface area contributed by atoms with E-state index in [-0.39, 0.29) is 85.0 Å². The van der Waals surface area contributed by atoms with Crippen molar-refractivity contribution in [3.05, 3.63) is 40.4 Å². The van der Waals surface area contributed by atoms with Gasteiger partial charge in [-0.2, -0.15) is 15.2 Å². The lowest BCUT2D eigenvalue weighted by molar-refractivity contribution is 0.106. The lowest BCUT2D eigenvalue weighted by atomic mass is 9.95. The van der Waals surface area contributed by atoms with Crippen LogP contribution in [-0.4, -0.2) is 76.7 Å². The monoisotopic (exact) mass is 644 g/mol. The Balaban J connectivity index is 1.36. The van der Waals surface area contributed by atoms with E-state index in [0.29, 0.717) is 25.9 Å². The van der Waals surface area contributed by atoms with E-state index in [0.717, 1.165) is 30.7 Å². The van der Waals surface area contributed by atoms with E-state index < -0.39 is 23.3 Å². The highest BCUT2D eigenvalue weighted by atomic mass is 35.5. The van der Waals surface area contributed by atoms with Crippen molar-refractivity contribution < 1.29 is 27.8 Å². The van der Waals surface area contributed by atoms with Crippen molar-refractivity contribution in [2.75, 3.05) is 38.6 Å². The van der Waals surface area contributed by atoms with Crippen molar-refractivity contribution >= 4 is 48.9 Å². The Bertz CT molecular complexity index is 1840. The number of hydrogen-bond acceptors (Lipinski definition) is 10. The van der Waals surface area contributed by atoms with Crippen LogP contribution in [0.2, 0.25) is 5.02 Å². The summed E-state index contributed by atoms with van der Waals surface area (Å²) in [7, 11) is 0. The summed E-state index contributed by atoms with van der Waals surface area (Å²) < 4.78 is 58.2. The fourth-order valence-electron chi connectivity index (χ4n) is 6.88. The SMILES string of the molecule is N#Cc1c(N)sc2c(F)ccc(-c3c(Cl)cc4c(O[C@@H]5CN[C@@H](CO)C5)nc(OCC56CCCN5C[C@H](F)C6)nc4c3F)c12. The number of halogens is 4. The minimum atomic E-state index is -0.955. The molecule has 4 N–H and O–H groups in total. The van der Waals surface area contributed by atoms with Crippen LogP contribution >= 0.6 is 22.9 Å². The number of nitrogens with two attached hydrogens (primary N) is 1. The number of alkyl halides is 1. The first kappa shape index (κ1) is 29.3. The molecule has 0 radical (unpaired) electrons. The van der Waals surface area contributed by atoms with Crippen LogP contribution in [0.4, 0.5) is 18.2 Å². The van der Waals surface area contributed by atoms with E-state index in [1.54, 1.807) is 0 Å². The first-order chi connectivity index (χ1) is 21.2. The first-order valence-corrected chi connectivity index (χ1v) is 15.5. The maximum absolute atomic E-state index is 16.7. The number of thiophene rings is 1. The van der Waals surface area contributed by atoms with Crippen molar-refractivity contribution in [1.82, 2.24) is 20.2 Å². The smallest absolute Gasteiger partial charge is 0.320 e. The molecule has 3 aliphatic heterocycles. The molecule has 0 bridgehead atoms. The van der Waals surface area contributed by atoms with Gasteiger partial charge in [-0.05, 0) is 37.1 Å². The largest absolute Gasteiger partial charge is 0.472 e. The first-order valence-electron chi connectivity index (χ1n) is 14.3. The Morgan fingerprint density at radius 2 is 2.16 bits per heavy atom. The standard InChI is InChI=1S/C30H28ClF3N6O3S/c31-20-7-18-25(24(34)23(20)17-2-3-21(33)26-22(17)19(9-35)27(36)44-26)38-29(39-28(18)43-16-6-15(12-41)37-10-16)42-13-30-4-1-5-40(30)11-14(32)8-30/h2-3,7,14-16,37,41H,1,4-6,8,10-13,36H2/t14-,15-,16+,30?/m1/s1. The molecule has 230 valence electrons. The van der Waals surface area contributed by atoms with Gasteiger partial charge in [-0.3, -0.25) is 4.90 Å². The van der Waals surface area contributed by atoms with Gasteiger partial charge in [0.15, 0.2) is 5.82 Å². The average molecular weight is 645 g/mol. The fraction of sp³-hybridized carbons (Fsp3) is 0.433. The third-order valence-electron chi connectivity index (χ3n) is 8.94. The molecule has 0 spiro atoms. The van der Waals surface area contributed by atoms with E-state index in [4.69, 9.17) is 26.8 Å². The zero-order valence-corrected chi connectivity index (χ0v) is 25.0. The normalized spacial score (nSPS) is 25.1. The van der Waals surface area contributed by atoms with E-state index in [2.05, 4.69) is 20.2 Å². The number of aliphatic hydroxyl groups excluding tert-OH is 1. The van der Waals surface area contributed by atoms with E-state index in [1.807, 2.05) is 6.07 Å². The van der Waals surface area contributed by atoms with Crippen LogP contribution in [0.3, 0.4) is 0 Å². The number of fused-ring (bicyclic) bond motifs is 3. The van der Waals surface area contributed by atoms with Gasteiger partial charge >= 0.3 is 6.01 Å². The molecule has 2 aromatic heterocycles. The molecule has 3 fully saturated rings. The molecular weight excluding hydrogens is 617 g/mol. The predicted molar refractivity (Wildman–Crippen MR) is 161 cm³/mol. The number of rotatable bonds is 7. The number of hydrogen-bond donors (Lipinski definition) is 3. The van der Waals surface area contributed by atoms with Gasteiger partial charge in [0.1, 0.15) is 41.3 Å². The van der Waals surface area contributed by atoms with Crippen molar-refractivity contribution in [2.24, 2.45) is 0 Å². The molecule has 2 aromatic carbocycles. The second kappa shape index (κ2) is 11.2. The molecule has 3 saturated heterocycles. The molecule has 3 aliphatic rings. The van der Waals surface area contributed by atoms with Crippen LogP contribution in [0, 0.1) is 23.0 Å². The summed E-state index contributed by atoms with van der Waals surface area (Å²) in [6.07, 6.45) is 1.18. The van der Waals surface area contributed by atoms with Crippen LogP contribution in [0.1, 0.15) is 31.2 Å². The zero-order chi connectivity index (χ0) is 30.7. The molecule has 4 aromatic rings. The number of nitrogen functional groups attached to an aromatic ring is 1. The second-order valence-electron chi connectivity index (χ2n) is 11.6. The molecule has 0 saturated carbocycles. The lowest BCUT2D eigenvalue weighted by Gasteiger charge is -2.30. The lowest BCUT2D eigenvalue weighted by Crippen LogP contribution is -2.43. The third-order valence-corrected chi connectivity index (χ3v) is 10.3. The molecule has 1 unspecified atom stereocenters. The summed E-state index contributed by atoms with van der Waals surface area (Å²) in [5, 5.41) is 22.9. The fourth-order valence-corrected chi connectivity index (χ4v) is 8.12. The number of ether oxygens (including phenoxy) is 2. The van der Waals surface area contributed by atoms with Gasteiger partial charge < -0.3 is 25.6 Å². The summed E-state index contributed by atoms with van der Waals surface area (Å²) in [6, 6.07) is 5.70. The predicted octanol–water partition coefficient (Wildman–Crippen LogP) is 4.95. The Hall–Kier alpha value is -3.41. The molecule has 7 rings (SSSR count). The Morgan fingerprint density at radius 1 is 1.32 bits per heavy atom. The van der Waals surface area contributed by atoms with Crippen LogP contribution in [-0.2, 0) is 0 Å². The summed E-state index contributed by atoms with van der Waals surface area (Å²) in [5.41, 5.74) is 5.50. The highest BCUT2D eigenvalue weighted by Gasteiger charge is 2.49. The number of anilines is 1. The van der Waals surface area contributed by atoms with Gasteiger partial charge in [-0.15, -0.1) is 11.3 Å². The summed E-state index contributed by atoms with van der Waals surface area (Å²) in [4.78, 5) is 11.0. The molecule has 4 atom stereocenters.